The van der Waals surface area contributed by atoms with Gasteiger partial charge in [0.15, 0.2) is 17.5 Å². The van der Waals surface area contributed by atoms with Crippen molar-refractivity contribution >= 4 is 17.5 Å². The van der Waals surface area contributed by atoms with Crippen molar-refractivity contribution in [1.82, 2.24) is 30.1 Å². The quantitative estimate of drug-likeness (QED) is 0.644. The number of amides is 1. The van der Waals surface area contributed by atoms with Gasteiger partial charge in [-0.05, 0) is 44.2 Å². The van der Waals surface area contributed by atoms with Gasteiger partial charge in [-0.25, -0.2) is 19.9 Å². The fraction of sp³-hybridized carbons (Fsp3) is 0.429. The summed E-state index contributed by atoms with van der Waals surface area (Å²) in [4.78, 5) is 32.6. The molecule has 1 fully saturated rings. The van der Waals surface area contributed by atoms with E-state index in [4.69, 9.17) is 9.72 Å². The Hall–Kier alpha value is -3.40. The molecule has 2 aliphatic rings. The van der Waals surface area contributed by atoms with E-state index in [0.717, 1.165) is 43.7 Å². The maximum absolute atomic E-state index is 12.7. The number of aromatic amines is 1. The number of carbonyl (C=O) groups excluding carboxylic acids is 1. The second kappa shape index (κ2) is 8.38. The smallest absolute Gasteiger partial charge is 0.247 e. The fourth-order valence-corrected chi connectivity index (χ4v) is 4.06. The zero-order valence-corrected chi connectivity index (χ0v) is 17.3. The Bertz CT molecular complexity index is 1080. The van der Waals surface area contributed by atoms with Crippen molar-refractivity contribution in [1.29, 1.82) is 0 Å². The lowest BCUT2D eigenvalue weighted by Gasteiger charge is -2.30. The average Bonchev–Trinajstić information content (AvgIpc) is 3.34. The molecule has 2 N–H and O–H groups in total. The first kappa shape index (κ1) is 19.6. The predicted molar refractivity (Wildman–Crippen MR) is 114 cm³/mol. The lowest BCUT2D eigenvalue weighted by molar-refractivity contribution is -0.117. The van der Waals surface area contributed by atoms with Crippen molar-refractivity contribution in [3.05, 3.63) is 30.4 Å². The monoisotopic (exact) mass is 420 g/mol. The zero-order chi connectivity index (χ0) is 21.2. The summed E-state index contributed by atoms with van der Waals surface area (Å²) < 4.78 is 5.45. The Morgan fingerprint density at radius 2 is 2.03 bits per heavy atom. The summed E-state index contributed by atoms with van der Waals surface area (Å²) >= 11 is 0. The molecule has 0 saturated carbocycles. The molecule has 10 nitrogen and oxygen atoms in total. The van der Waals surface area contributed by atoms with Crippen molar-refractivity contribution in [2.75, 3.05) is 36.5 Å². The molecule has 0 bridgehead atoms. The van der Waals surface area contributed by atoms with Gasteiger partial charge in [0.2, 0.25) is 5.91 Å². The van der Waals surface area contributed by atoms with E-state index in [1.54, 1.807) is 11.1 Å². The van der Waals surface area contributed by atoms with Crippen LogP contribution in [0.4, 0.5) is 11.6 Å². The zero-order valence-electron chi connectivity index (χ0n) is 17.3. The summed E-state index contributed by atoms with van der Waals surface area (Å²) in [7, 11) is 0. The molecule has 0 spiro atoms. The highest BCUT2D eigenvalue weighted by Gasteiger charge is 2.28. The van der Waals surface area contributed by atoms with Gasteiger partial charge in [0.1, 0.15) is 12.0 Å². The molecular formula is C21H24N8O2. The van der Waals surface area contributed by atoms with Crippen LogP contribution in [0.2, 0.25) is 0 Å². The van der Waals surface area contributed by atoms with Gasteiger partial charge in [-0.15, -0.1) is 0 Å². The summed E-state index contributed by atoms with van der Waals surface area (Å²) in [5.74, 6) is 2.42. The molecule has 10 heteroatoms. The van der Waals surface area contributed by atoms with Gasteiger partial charge in [0, 0.05) is 31.0 Å². The van der Waals surface area contributed by atoms with Crippen molar-refractivity contribution < 1.29 is 9.53 Å². The molecule has 3 aromatic rings. The van der Waals surface area contributed by atoms with Gasteiger partial charge in [-0.2, -0.15) is 5.10 Å². The second-order valence-corrected chi connectivity index (χ2v) is 7.83. The number of carbonyl (C=O) groups is 1. The first-order valence-corrected chi connectivity index (χ1v) is 10.5. The summed E-state index contributed by atoms with van der Waals surface area (Å²) in [6, 6.07) is 3.82. The van der Waals surface area contributed by atoms with Gasteiger partial charge in [-0.1, -0.05) is 0 Å². The van der Waals surface area contributed by atoms with Crippen LogP contribution in [-0.2, 0) is 9.53 Å². The third-order valence-corrected chi connectivity index (χ3v) is 5.84. The van der Waals surface area contributed by atoms with Crippen LogP contribution in [-0.4, -0.2) is 62.3 Å². The van der Waals surface area contributed by atoms with E-state index in [9.17, 15) is 4.79 Å². The van der Waals surface area contributed by atoms with Crippen molar-refractivity contribution in [3.63, 3.8) is 0 Å². The van der Waals surface area contributed by atoms with Gasteiger partial charge >= 0.3 is 0 Å². The fourth-order valence-electron chi connectivity index (χ4n) is 4.06. The highest BCUT2D eigenvalue weighted by Crippen LogP contribution is 2.31. The van der Waals surface area contributed by atoms with Crippen LogP contribution >= 0.6 is 0 Å². The number of pyridine rings is 1. The van der Waals surface area contributed by atoms with E-state index in [0.29, 0.717) is 41.3 Å². The SMILES string of the molecule is Cc1nc(-c2ncn[nH]2)ccc1-c1cnc2c(n1)N(CCC1CCOCC1)C(=O)CN2. The molecule has 1 saturated heterocycles. The molecule has 1 amide bonds. The number of hydrogen-bond donors (Lipinski definition) is 2. The molecule has 0 atom stereocenters. The molecule has 5 rings (SSSR count). The number of H-pyrrole nitrogens is 1. The molecule has 0 unspecified atom stereocenters. The molecule has 3 aromatic heterocycles. The van der Waals surface area contributed by atoms with E-state index < -0.39 is 0 Å². The van der Waals surface area contributed by atoms with Gasteiger partial charge < -0.3 is 10.1 Å². The Labute approximate surface area is 179 Å². The number of aryl methyl sites for hydroxylation is 1. The lowest BCUT2D eigenvalue weighted by Crippen LogP contribution is -2.42. The third kappa shape index (κ3) is 3.98. The topological polar surface area (TPSA) is 122 Å². The summed E-state index contributed by atoms with van der Waals surface area (Å²) in [5.41, 5.74) is 3.05. The van der Waals surface area contributed by atoms with Gasteiger partial charge in [0.25, 0.3) is 0 Å². The Balaban J connectivity index is 1.42. The number of nitrogens with one attached hydrogen (secondary N) is 2. The minimum Gasteiger partial charge on any atom is -0.381 e. The van der Waals surface area contributed by atoms with Crippen LogP contribution in [0.15, 0.2) is 24.7 Å². The Morgan fingerprint density at radius 3 is 2.81 bits per heavy atom. The maximum Gasteiger partial charge on any atom is 0.247 e. The number of rotatable bonds is 5. The minimum atomic E-state index is 0.0153. The van der Waals surface area contributed by atoms with Crippen LogP contribution in [0.25, 0.3) is 22.8 Å². The van der Waals surface area contributed by atoms with Crippen LogP contribution in [0.3, 0.4) is 0 Å². The molecule has 160 valence electrons. The summed E-state index contributed by atoms with van der Waals surface area (Å²) in [6.45, 7) is 4.40. The van der Waals surface area contributed by atoms with Gasteiger partial charge in [0.05, 0.1) is 18.4 Å². The number of aromatic nitrogens is 6. The van der Waals surface area contributed by atoms with Crippen molar-refractivity contribution in [2.24, 2.45) is 5.92 Å². The van der Waals surface area contributed by atoms with Crippen LogP contribution in [0, 0.1) is 12.8 Å². The van der Waals surface area contributed by atoms with Crippen molar-refractivity contribution in [2.45, 2.75) is 26.2 Å². The molecule has 0 aromatic carbocycles. The maximum atomic E-state index is 12.7. The summed E-state index contributed by atoms with van der Waals surface area (Å²) in [6.07, 6.45) is 6.19. The largest absolute Gasteiger partial charge is 0.381 e. The first-order chi connectivity index (χ1) is 15.2. The van der Waals surface area contributed by atoms with Crippen molar-refractivity contribution in [3.8, 4) is 22.8 Å². The Morgan fingerprint density at radius 1 is 1.16 bits per heavy atom. The van der Waals surface area contributed by atoms with E-state index >= 15 is 0 Å². The highest BCUT2D eigenvalue weighted by atomic mass is 16.5. The molecule has 5 heterocycles. The molecule has 0 aliphatic carbocycles. The van der Waals surface area contributed by atoms with E-state index in [2.05, 4.69) is 30.5 Å². The number of anilines is 2. The molecule has 31 heavy (non-hydrogen) atoms. The predicted octanol–water partition coefficient (Wildman–Crippen LogP) is 2.21. The van der Waals surface area contributed by atoms with Gasteiger partial charge in [-0.3, -0.25) is 14.8 Å². The normalized spacial score (nSPS) is 16.8. The van der Waals surface area contributed by atoms with E-state index in [1.165, 1.54) is 6.33 Å². The standard InChI is InChI=1S/C21H24N8O2/c1-13-15(2-3-16(26-13)19-24-12-25-28-19)17-10-22-20-21(27-17)29(18(30)11-23-20)7-4-14-5-8-31-9-6-14/h2-3,10,12,14H,4-9,11H2,1H3,(H,22,23)(H,24,25,28). The first-order valence-electron chi connectivity index (χ1n) is 10.5. The van der Waals surface area contributed by atoms with E-state index in [-0.39, 0.29) is 12.5 Å². The summed E-state index contributed by atoms with van der Waals surface area (Å²) in [5, 5.41) is 9.78. The second-order valence-electron chi connectivity index (χ2n) is 7.83. The van der Waals surface area contributed by atoms with Crippen LogP contribution in [0.1, 0.15) is 25.0 Å². The number of hydrogen-bond acceptors (Lipinski definition) is 8. The van der Waals surface area contributed by atoms with Crippen LogP contribution in [0.5, 0.6) is 0 Å². The van der Waals surface area contributed by atoms with E-state index in [1.807, 2.05) is 19.1 Å². The molecule has 2 aliphatic heterocycles. The number of fused-ring (bicyclic) bond motifs is 1. The molecular weight excluding hydrogens is 396 g/mol. The third-order valence-electron chi connectivity index (χ3n) is 5.84. The number of ether oxygens (including phenoxy) is 1. The Kier molecular flexibility index (Phi) is 5.29. The van der Waals surface area contributed by atoms with Crippen LogP contribution < -0.4 is 10.2 Å². The highest BCUT2D eigenvalue weighted by molar-refractivity contribution is 6.00. The lowest BCUT2D eigenvalue weighted by atomic mass is 9.96. The average molecular weight is 420 g/mol. The molecule has 0 radical (unpaired) electrons. The minimum absolute atomic E-state index is 0.0153. The number of nitrogens with zero attached hydrogens (tertiary/aromatic N) is 6.